The first-order chi connectivity index (χ1) is 14.4. The van der Waals surface area contributed by atoms with Gasteiger partial charge in [-0.3, -0.25) is 4.79 Å². The third-order valence-corrected chi connectivity index (χ3v) is 5.16. The number of carbonyl (C=O) groups excluding carboxylic acids is 1. The summed E-state index contributed by atoms with van der Waals surface area (Å²) in [5.41, 5.74) is 2.06. The van der Waals surface area contributed by atoms with Crippen molar-refractivity contribution in [3.05, 3.63) is 93.2 Å². The Hall–Kier alpha value is -3.59. The Morgan fingerprint density at radius 2 is 1.73 bits per heavy atom. The standard InChI is InChI=1S/C23H11Cl2NO4/c24-15-5-7-16(18(25)10-15)21(27)22-20(23(28)29)17-6-4-14(9-19(17)30-22)13-3-1-2-12(8-13)11-26/h1-10H,(H,28,29). The van der Waals surface area contributed by atoms with Crippen LogP contribution < -0.4 is 0 Å². The largest absolute Gasteiger partial charge is 0.478 e. The molecule has 0 bridgehead atoms. The highest BCUT2D eigenvalue weighted by molar-refractivity contribution is 6.37. The van der Waals surface area contributed by atoms with E-state index < -0.39 is 11.8 Å². The van der Waals surface area contributed by atoms with Gasteiger partial charge in [0.1, 0.15) is 11.1 Å². The van der Waals surface area contributed by atoms with E-state index in [0.29, 0.717) is 16.1 Å². The highest BCUT2D eigenvalue weighted by Gasteiger charge is 2.27. The van der Waals surface area contributed by atoms with Crippen LogP contribution in [0.4, 0.5) is 0 Å². The minimum atomic E-state index is -1.29. The summed E-state index contributed by atoms with van der Waals surface area (Å²) in [5.74, 6) is -2.26. The SMILES string of the molecule is N#Cc1cccc(-c2ccc3c(C(=O)O)c(C(=O)c4ccc(Cl)cc4Cl)oc3c2)c1. The zero-order chi connectivity index (χ0) is 21.4. The maximum atomic E-state index is 13.0. The Bertz CT molecular complexity index is 1380. The maximum Gasteiger partial charge on any atom is 0.340 e. The van der Waals surface area contributed by atoms with E-state index in [1.807, 2.05) is 6.07 Å². The predicted molar refractivity (Wildman–Crippen MR) is 113 cm³/mol. The molecule has 4 rings (SSSR count). The molecule has 1 heterocycles. The molecule has 0 radical (unpaired) electrons. The van der Waals surface area contributed by atoms with Gasteiger partial charge in [0.2, 0.25) is 5.78 Å². The summed E-state index contributed by atoms with van der Waals surface area (Å²) in [6.07, 6.45) is 0. The van der Waals surface area contributed by atoms with E-state index in [4.69, 9.17) is 32.9 Å². The zero-order valence-corrected chi connectivity index (χ0v) is 16.7. The molecule has 0 spiro atoms. The smallest absolute Gasteiger partial charge is 0.340 e. The van der Waals surface area contributed by atoms with Gasteiger partial charge < -0.3 is 9.52 Å². The number of benzene rings is 3. The molecule has 0 amide bonds. The van der Waals surface area contributed by atoms with Crippen LogP contribution in [0.25, 0.3) is 22.1 Å². The van der Waals surface area contributed by atoms with E-state index >= 15 is 0 Å². The number of carbonyl (C=O) groups is 2. The molecule has 1 aromatic heterocycles. The van der Waals surface area contributed by atoms with Crippen molar-refractivity contribution >= 4 is 45.9 Å². The normalized spacial score (nSPS) is 10.7. The number of fused-ring (bicyclic) bond motifs is 1. The summed E-state index contributed by atoms with van der Waals surface area (Å²) >= 11 is 12.0. The Morgan fingerprint density at radius 1 is 0.967 bits per heavy atom. The van der Waals surface area contributed by atoms with Gasteiger partial charge >= 0.3 is 5.97 Å². The molecular weight excluding hydrogens is 425 g/mol. The first-order valence-corrected chi connectivity index (χ1v) is 9.45. The molecule has 0 aliphatic rings. The van der Waals surface area contributed by atoms with Gasteiger partial charge in [-0.2, -0.15) is 5.26 Å². The van der Waals surface area contributed by atoms with Crippen LogP contribution in [0.15, 0.2) is 65.1 Å². The molecule has 0 saturated heterocycles. The van der Waals surface area contributed by atoms with Crippen molar-refractivity contribution in [2.24, 2.45) is 0 Å². The summed E-state index contributed by atoms with van der Waals surface area (Å²) in [6.45, 7) is 0. The number of nitriles is 1. The zero-order valence-electron chi connectivity index (χ0n) is 15.1. The second-order valence-corrected chi connectivity index (χ2v) is 7.31. The lowest BCUT2D eigenvalue weighted by Gasteiger charge is -2.02. The van der Waals surface area contributed by atoms with Gasteiger partial charge in [-0.1, -0.05) is 41.4 Å². The molecular formula is C23H11Cl2NO4. The van der Waals surface area contributed by atoms with Gasteiger partial charge in [-0.15, -0.1) is 0 Å². The Morgan fingerprint density at radius 3 is 2.43 bits per heavy atom. The molecule has 0 fully saturated rings. The van der Waals surface area contributed by atoms with Crippen LogP contribution in [0.3, 0.4) is 0 Å². The van der Waals surface area contributed by atoms with E-state index in [1.165, 1.54) is 18.2 Å². The first-order valence-electron chi connectivity index (χ1n) is 8.69. The molecule has 0 aliphatic heterocycles. The monoisotopic (exact) mass is 435 g/mol. The molecule has 146 valence electrons. The van der Waals surface area contributed by atoms with Crippen molar-refractivity contribution in [2.45, 2.75) is 0 Å². The second-order valence-electron chi connectivity index (χ2n) is 6.47. The predicted octanol–water partition coefficient (Wildman–Crippen LogP) is 6.21. The quantitative estimate of drug-likeness (QED) is 0.384. The summed E-state index contributed by atoms with van der Waals surface area (Å²) < 4.78 is 5.69. The molecule has 0 saturated carbocycles. The van der Waals surface area contributed by atoms with Gasteiger partial charge in [-0.25, -0.2) is 4.79 Å². The number of rotatable bonds is 4. The molecule has 4 aromatic rings. The number of carboxylic acids is 1. The van der Waals surface area contributed by atoms with Crippen molar-refractivity contribution in [3.63, 3.8) is 0 Å². The molecule has 0 atom stereocenters. The van der Waals surface area contributed by atoms with Crippen LogP contribution in [0.2, 0.25) is 10.0 Å². The van der Waals surface area contributed by atoms with E-state index in [2.05, 4.69) is 6.07 Å². The Balaban J connectivity index is 1.88. The summed E-state index contributed by atoms with van der Waals surface area (Å²) in [5, 5.41) is 19.5. The van der Waals surface area contributed by atoms with E-state index in [1.54, 1.807) is 36.4 Å². The minimum absolute atomic E-state index is 0.0876. The average molecular weight is 436 g/mol. The number of hydrogen-bond acceptors (Lipinski definition) is 4. The Labute approximate surface area is 180 Å². The molecule has 0 aliphatic carbocycles. The van der Waals surface area contributed by atoms with E-state index in [-0.39, 0.29) is 32.9 Å². The fraction of sp³-hybridized carbons (Fsp3) is 0. The number of hydrogen-bond donors (Lipinski definition) is 1. The number of aromatic carboxylic acids is 1. The highest BCUT2D eigenvalue weighted by atomic mass is 35.5. The van der Waals surface area contributed by atoms with Crippen LogP contribution in [0.5, 0.6) is 0 Å². The van der Waals surface area contributed by atoms with Crippen molar-refractivity contribution in [2.75, 3.05) is 0 Å². The fourth-order valence-corrected chi connectivity index (χ4v) is 3.71. The van der Waals surface area contributed by atoms with Crippen LogP contribution in [-0.2, 0) is 0 Å². The van der Waals surface area contributed by atoms with E-state index in [0.717, 1.165) is 5.56 Å². The summed E-state index contributed by atoms with van der Waals surface area (Å²) in [6, 6.07) is 18.3. The molecule has 7 heteroatoms. The molecule has 1 N–H and O–H groups in total. The first kappa shape index (κ1) is 19.7. The highest BCUT2D eigenvalue weighted by Crippen LogP contribution is 2.33. The number of carboxylic acid groups (broad SMARTS) is 1. The summed E-state index contributed by atoms with van der Waals surface area (Å²) in [7, 11) is 0. The van der Waals surface area contributed by atoms with Crippen molar-refractivity contribution in [1.82, 2.24) is 0 Å². The number of furan rings is 1. The molecule has 5 nitrogen and oxygen atoms in total. The van der Waals surface area contributed by atoms with Crippen molar-refractivity contribution in [1.29, 1.82) is 5.26 Å². The van der Waals surface area contributed by atoms with Crippen LogP contribution in [0, 0.1) is 11.3 Å². The number of ketones is 1. The van der Waals surface area contributed by atoms with Gasteiger partial charge in [-0.05, 0) is 53.6 Å². The van der Waals surface area contributed by atoms with Crippen LogP contribution in [0.1, 0.15) is 32.0 Å². The Kier molecular flexibility index (Phi) is 5.04. The lowest BCUT2D eigenvalue weighted by atomic mass is 10.00. The third kappa shape index (κ3) is 3.43. The molecule has 0 unspecified atom stereocenters. The van der Waals surface area contributed by atoms with Gasteiger partial charge in [0.05, 0.1) is 16.7 Å². The van der Waals surface area contributed by atoms with Crippen LogP contribution >= 0.6 is 23.2 Å². The minimum Gasteiger partial charge on any atom is -0.478 e. The van der Waals surface area contributed by atoms with E-state index in [9.17, 15) is 14.7 Å². The lowest BCUT2D eigenvalue weighted by molar-refractivity contribution is 0.0692. The van der Waals surface area contributed by atoms with Crippen molar-refractivity contribution in [3.8, 4) is 17.2 Å². The topological polar surface area (TPSA) is 91.3 Å². The second kappa shape index (κ2) is 7.68. The van der Waals surface area contributed by atoms with Crippen molar-refractivity contribution < 1.29 is 19.1 Å². The van der Waals surface area contributed by atoms with Gasteiger partial charge in [0.15, 0.2) is 5.76 Å². The van der Waals surface area contributed by atoms with Crippen LogP contribution in [-0.4, -0.2) is 16.9 Å². The number of nitrogens with zero attached hydrogens (tertiary/aromatic N) is 1. The summed E-state index contributed by atoms with van der Waals surface area (Å²) in [4.78, 5) is 24.9. The molecule has 3 aromatic carbocycles. The van der Waals surface area contributed by atoms with Gasteiger partial charge in [0, 0.05) is 16.0 Å². The lowest BCUT2D eigenvalue weighted by Crippen LogP contribution is -2.07. The van der Waals surface area contributed by atoms with Gasteiger partial charge in [0.25, 0.3) is 0 Å². The third-order valence-electron chi connectivity index (χ3n) is 4.61. The molecule has 30 heavy (non-hydrogen) atoms. The fourth-order valence-electron chi connectivity index (χ4n) is 3.21. The number of halogens is 2. The average Bonchev–Trinajstić information content (AvgIpc) is 3.12. The maximum absolute atomic E-state index is 13.0.